The molecule has 2 heterocycles. The molecule has 0 aromatic heterocycles. The molecule has 5 nitrogen and oxygen atoms in total. The summed E-state index contributed by atoms with van der Waals surface area (Å²) in [5.74, 6) is -1.57. The number of nitrogens with one attached hydrogen (secondary N) is 1. The van der Waals surface area contributed by atoms with Gasteiger partial charge in [0.15, 0.2) is 0 Å². The predicted octanol–water partition coefficient (Wildman–Crippen LogP) is 0.895. The van der Waals surface area contributed by atoms with Gasteiger partial charge < -0.3 is 4.90 Å². The Hall–Kier alpha value is -2.24. The van der Waals surface area contributed by atoms with E-state index in [-0.39, 0.29) is 31.2 Å². The normalized spacial score (nSPS) is 22.0. The van der Waals surface area contributed by atoms with Crippen molar-refractivity contribution in [2.24, 2.45) is 0 Å². The third-order valence-corrected chi connectivity index (χ3v) is 3.84. The molecule has 0 saturated carbocycles. The Morgan fingerprint density at radius 1 is 1.30 bits per heavy atom. The van der Waals surface area contributed by atoms with Crippen LogP contribution in [0.4, 0.5) is 4.39 Å². The summed E-state index contributed by atoms with van der Waals surface area (Å²) in [4.78, 5) is 36.6. The molecule has 20 heavy (non-hydrogen) atoms. The molecular weight excluding hydrogens is 263 g/mol. The van der Waals surface area contributed by atoms with E-state index in [9.17, 15) is 18.8 Å². The van der Waals surface area contributed by atoms with Crippen LogP contribution < -0.4 is 5.32 Å². The maximum absolute atomic E-state index is 14.0. The van der Waals surface area contributed by atoms with E-state index >= 15 is 0 Å². The van der Waals surface area contributed by atoms with E-state index in [2.05, 4.69) is 5.32 Å². The number of aryl methyl sites for hydroxylation is 1. The summed E-state index contributed by atoms with van der Waals surface area (Å²) in [5, 5.41) is 2.21. The van der Waals surface area contributed by atoms with Crippen molar-refractivity contribution >= 4 is 17.7 Å². The molecule has 2 aliphatic rings. The van der Waals surface area contributed by atoms with E-state index in [1.807, 2.05) is 0 Å². The van der Waals surface area contributed by atoms with Gasteiger partial charge >= 0.3 is 0 Å². The molecule has 0 spiro atoms. The zero-order valence-electron chi connectivity index (χ0n) is 10.9. The largest absolute Gasteiger partial charge is 0.322 e. The number of carbonyl (C=O) groups is 3. The van der Waals surface area contributed by atoms with E-state index in [0.717, 1.165) is 0 Å². The van der Waals surface area contributed by atoms with Gasteiger partial charge in [0, 0.05) is 17.5 Å². The van der Waals surface area contributed by atoms with Gasteiger partial charge in [-0.3, -0.25) is 19.7 Å². The lowest BCUT2D eigenvalue weighted by Crippen LogP contribution is -2.52. The van der Waals surface area contributed by atoms with Crippen LogP contribution in [-0.4, -0.2) is 28.7 Å². The van der Waals surface area contributed by atoms with E-state index in [1.54, 1.807) is 19.1 Å². The average Bonchev–Trinajstić information content (AvgIpc) is 2.72. The lowest BCUT2D eigenvalue weighted by molar-refractivity contribution is -0.136. The number of halogens is 1. The topological polar surface area (TPSA) is 66.5 Å². The maximum atomic E-state index is 14.0. The Morgan fingerprint density at radius 2 is 2.05 bits per heavy atom. The van der Waals surface area contributed by atoms with Crippen LogP contribution in [0.2, 0.25) is 0 Å². The van der Waals surface area contributed by atoms with Gasteiger partial charge in [0.25, 0.3) is 5.91 Å². The van der Waals surface area contributed by atoms with E-state index in [0.29, 0.717) is 16.7 Å². The Morgan fingerprint density at radius 3 is 2.75 bits per heavy atom. The highest BCUT2D eigenvalue weighted by atomic mass is 19.1. The van der Waals surface area contributed by atoms with Gasteiger partial charge in [-0.2, -0.15) is 0 Å². The number of rotatable bonds is 1. The molecule has 6 heteroatoms. The number of carbonyl (C=O) groups excluding carboxylic acids is 3. The molecular formula is C14H13FN2O3. The molecule has 3 rings (SSSR count). The van der Waals surface area contributed by atoms with Crippen LogP contribution in [0.1, 0.15) is 34.3 Å². The third-order valence-electron chi connectivity index (χ3n) is 3.84. The van der Waals surface area contributed by atoms with E-state index in [4.69, 9.17) is 0 Å². The van der Waals surface area contributed by atoms with Crippen molar-refractivity contribution in [1.82, 2.24) is 10.2 Å². The van der Waals surface area contributed by atoms with Crippen LogP contribution >= 0.6 is 0 Å². The predicted molar refractivity (Wildman–Crippen MR) is 67.2 cm³/mol. The van der Waals surface area contributed by atoms with E-state index < -0.39 is 17.8 Å². The summed E-state index contributed by atoms with van der Waals surface area (Å²) in [7, 11) is 0. The average molecular weight is 276 g/mol. The van der Waals surface area contributed by atoms with Gasteiger partial charge in [-0.05, 0) is 25.0 Å². The lowest BCUT2D eigenvalue weighted by atomic mass is 10.0. The van der Waals surface area contributed by atoms with Gasteiger partial charge in [-0.25, -0.2) is 4.39 Å². The van der Waals surface area contributed by atoms with Crippen molar-refractivity contribution in [2.45, 2.75) is 32.4 Å². The Kier molecular flexibility index (Phi) is 2.81. The minimum Gasteiger partial charge on any atom is -0.322 e. The zero-order valence-corrected chi connectivity index (χ0v) is 10.9. The maximum Gasteiger partial charge on any atom is 0.255 e. The molecule has 104 valence electrons. The Labute approximate surface area is 114 Å². The highest BCUT2D eigenvalue weighted by Gasteiger charge is 2.40. The molecule has 1 aromatic rings. The fraction of sp³-hybridized carbons (Fsp3) is 0.357. The first kappa shape index (κ1) is 12.8. The second kappa shape index (κ2) is 4.40. The van der Waals surface area contributed by atoms with Gasteiger partial charge in [0.05, 0.1) is 6.54 Å². The molecule has 0 bridgehead atoms. The van der Waals surface area contributed by atoms with Crippen LogP contribution in [0.25, 0.3) is 0 Å². The number of piperidine rings is 1. The quantitative estimate of drug-likeness (QED) is 0.775. The monoisotopic (exact) mass is 276 g/mol. The fourth-order valence-electron chi connectivity index (χ4n) is 2.72. The lowest BCUT2D eigenvalue weighted by Gasteiger charge is -2.29. The van der Waals surface area contributed by atoms with Gasteiger partial charge in [-0.1, -0.05) is 6.07 Å². The number of imide groups is 1. The molecule has 3 amide bonds. The first-order valence-corrected chi connectivity index (χ1v) is 6.41. The Balaban J connectivity index is 1.92. The summed E-state index contributed by atoms with van der Waals surface area (Å²) in [6.45, 7) is 1.71. The van der Waals surface area contributed by atoms with Crippen LogP contribution in [0, 0.1) is 12.7 Å². The van der Waals surface area contributed by atoms with Gasteiger partial charge in [0.2, 0.25) is 11.8 Å². The smallest absolute Gasteiger partial charge is 0.255 e. The molecule has 0 radical (unpaired) electrons. The number of nitrogens with zero attached hydrogens (tertiary/aromatic N) is 1. The van der Waals surface area contributed by atoms with Crippen molar-refractivity contribution in [3.63, 3.8) is 0 Å². The van der Waals surface area contributed by atoms with Crippen molar-refractivity contribution in [3.05, 3.63) is 34.6 Å². The minimum absolute atomic E-state index is 0.0773. The number of amides is 3. The van der Waals surface area contributed by atoms with Gasteiger partial charge in [-0.15, -0.1) is 0 Å². The molecule has 1 atom stereocenters. The number of hydrogen-bond acceptors (Lipinski definition) is 3. The highest BCUT2D eigenvalue weighted by molar-refractivity contribution is 6.05. The van der Waals surface area contributed by atoms with Crippen LogP contribution in [0.15, 0.2) is 12.1 Å². The van der Waals surface area contributed by atoms with Crippen LogP contribution in [0.3, 0.4) is 0 Å². The van der Waals surface area contributed by atoms with Gasteiger partial charge in [0.1, 0.15) is 11.9 Å². The molecule has 1 N–H and O–H groups in total. The molecule has 1 fully saturated rings. The van der Waals surface area contributed by atoms with Crippen LogP contribution in [-0.2, 0) is 16.1 Å². The summed E-state index contributed by atoms with van der Waals surface area (Å²) < 4.78 is 14.0. The minimum atomic E-state index is -0.702. The summed E-state index contributed by atoms with van der Waals surface area (Å²) in [5.41, 5.74) is 1.11. The molecule has 2 aliphatic heterocycles. The van der Waals surface area contributed by atoms with E-state index in [1.165, 1.54) is 4.90 Å². The number of fused-ring (bicyclic) bond motifs is 1. The molecule has 0 aliphatic carbocycles. The third kappa shape index (κ3) is 1.79. The number of benzene rings is 1. The second-order valence-electron chi connectivity index (χ2n) is 5.12. The highest BCUT2D eigenvalue weighted by Crippen LogP contribution is 2.30. The SMILES string of the molecule is Cc1ccc2c(c1F)CN(C1CCC(=O)NC1=O)C2=O. The van der Waals surface area contributed by atoms with Crippen molar-refractivity contribution < 1.29 is 18.8 Å². The summed E-state index contributed by atoms with van der Waals surface area (Å²) in [6.07, 6.45) is 0.475. The summed E-state index contributed by atoms with van der Waals surface area (Å²) >= 11 is 0. The summed E-state index contributed by atoms with van der Waals surface area (Å²) in [6, 6.07) is 2.44. The first-order valence-electron chi connectivity index (χ1n) is 6.41. The molecule has 1 saturated heterocycles. The Bertz CT molecular complexity index is 642. The van der Waals surface area contributed by atoms with Crippen molar-refractivity contribution in [1.29, 1.82) is 0 Å². The zero-order chi connectivity index (χ0) is 14.4. The molecule has 1 unspecified atom stereocenters. The standard InChI is InChI=1S/C14H13FN2O3/c1-7-2-3-8-9(12(7)15)6-17(14(8)20)10-4-5-11(18)16-13(10)19/h2-3,10H,4-6H2,1H3,(H,16,18,19). The fourth-order valence-corrected chi connectivity index (χ4v) is 2.72. The second-order valence-corrected chi connectivity index (χ2v) is 5.12. The van der Waals surface area contributed by atoms with Crippen LogP contribution in [0.5, 0.6) is 0 Å². The van der Waals surface area contributed by atoms with Crippen molar-refractivity contribution in [3.8, 4) is 0 Å². The number of hydrogen-bond donors (Lipinski definition) is 1. The first-order chi connectivity index (χ1) is 9.49. The van der Waals surface area contributed by atoms with Crippen molar-refractivity contribution in [2.75, 3.05) is 0 Å². The molecule has 1 aromatic carbocycles.